The summed E-state index contributed by atoms with van der Waals surface area (Å²) in [6, 6.07) is 2.81. The number of rotatable bonds is 4. The molecule has 5 nitrogen and oxygen atoms in total. The van der Waals surface area contributed by atoms with Crippen LogP contribution in [0.5, 0.6) is 0 Å². The van der Waals surface area contributed by atoms with Crippen LogP contribution in [-0.2, 0) is 4.79 Å². The number of carboxylic acids is 1. The summed E-state index contributed by atoms with van der Waals surface area (Å²) < 4.78 is 0. The highest BCUT2D eigenvalue weighted by atomic mass is 32.1. The number of aromatic nitrogens is 2. The van der Waals surface area contributed by atoms with Crippen LogP contribution in [0, 0.1) is 6.92 Å². The molecule has 2 rings (SSSR count). The Morgan fingerprint density at radius 1 is 1.47 bits per heavy atom. The van der Waals surface area contributed by atoms with Crippen LogP contribution in [0.2, 0.25) is 0 Å². The number of nitrogens with one attached hydrogen (secondary N) is 1. The van der Waals surface area contributed by atoms with Gasteiger partial charge in [-0.2, -0.15) is 0 Å². The molecule has 0 aliphatic heterocycles. The fourth-order valence-electron chi connectivity index (χ4n) is 1.40. The molecule has 0 aliphatic rings. The third kappa shape index (κ3) is 2.59. The van der Waals surface area contributed by atoms with Crippen molar-refractivity contribution in [3.05, 3.63) is 40.5 Å². The molecule has 0 amide bonds. The van der Waals surface area contributed by atoms with Gasteiger partial charge in [0.1, 0.15) is 5.82 Å². The van der Waals surface area contributed by atoms with E-state index in [1.807, 2.05) is 11.4 Å². The van der Waals surface area contributed by atoms with Gasteiger partial charge in [0.15, 0.2) is 6.04 Å². The van der Waals surface area contributed by atoms with Crippen LogP contribution in [0.3, 0.4) is 0 Å². The predicted molar refractivity (Wildman–Crippen MR) is 65.1 cm³/mol. The molecule has 2 N–H and O–H groups in total. The minimum absolute atomic E-state index is 0.494. The number of hydrogen-bond donors (Lipinski definition) is 2. The molecule has 0 saturated carbocycles. The van der Waals surface area contributed by atoms with Crippen LogP contribution in [0.4, 0.5) is 5.82 Å². The number of carbonyl (C=O) groups is 1. The smallest absolute Gasteiger partial charge is 0.331 e. The normalized spacial score (nSPS) is 12.1. The van der Waals surface area contributed by atoms with Gasteiger partial charge in [0.25, 0.3) is 0 Å². The fraction of sp³-hybridized carbons (Fsp3) is 0.182. The molecule has 0 aliphatic carbocycles. The average molecular weight is 249 g/mol. The maximum atomic E-state index is 11.2. The molecule has 0 aromatic carbocycles. The number of aliphatic carboxylic acids is 1. The van der Waals surface area contributed by atoms with E-state index in [2.05, 4.69) is 15.3 Å². The second-order valence-electron chi connectivity index (χ2n) is 3.42. The second-order valence-corrected chi connectivity index (χ2v) is 4.40. The quantitative estimate of drug-likeness (QED) is 0.867. The van der Waals surface area contributed by atoms with Crippen LogP contribution < -0.4 is 5.32 Å². The van der Waals surface area contributed by atoms with Crippen LogP contribution in [0.1, 0.15) is 16.6 Å². The van der Waals surface area contributed by atoms with Crippen molar-refractivity contribution in [3.63, 3.8) is 0 Å². The summed E-state index contributed by atoms with van der Waals surface area (Å²) >= 11 is 1.39. The number of carboxylic acid groups (broad SMARTS) is 1. The van der Waals surface area contributed by atoms with E-state index < -0.39 is 12.0 Å². The minimum Gasteiger partial charge on any atom is -0.479 e. The number of thiophene rings is 1. The van der Waals surface area contributed by atoms with E-state index in [4.69, 9.17) is 0 Å². The standard InChI is InChI=1S/C11H11N3O2S/c1-7-10(13-5-4-12-7)14-9(11(15)16)8-3-2-6-17-8/h2-6,9H,1H3,(H,13,14)(H,15,16). The van der Waals surface area contributed by atoms with Gasteiger partial charge in [-0.1, -0.05) is 6.07 Å². The molecular weight excluding hydrogens is 238 g/mol. The zero-order valence-corrected chi connectivity index (χ0v) is 9.94. The highest BCUT2D eigenvalue weighted by Gasteiger charge is 2.21. The van der Waals surface area contributed by atoms with Crippen LogP contribution in [0.25, 0.3) is 0 Å². The third-order valence-corrected chi connectivity index (χ3v) is 3.17. The van der Waals surface area contributed by atoms with Crippen molar-refractivity contribution in [2.24, 2.45) is 0 Å². The van der Waals surface area contributed by atoms with E-state index in [1.54, 1.807) is 19.2 Å². The van der Waals surface area contributed by atoms with Crippen molar-refractivity contribution in [1.82, 2.24) is 9.97 Å². The van der Waals surface area contributed by atoms with Crippen LogP contribution in [-0.4, -0.2) is 21.0 Å². The first-order valence-corrected chi connectivity index (χ1v) is 5.87. The van der Waals surface area contributed by atoms with Gasteiger partial charge in [0.05, 0.1) is 5.69 Å². The zero-order valence-electron chi connectivity index (χ0n) is 9.12. The Kier molecular flexibility index (Phi) is 3.34. The average Bonchev–Trinajstić information content (AvgIpc) is 2.81. The number of hydrogen-bond acceptors (Lipinski definition) is 5. The Balaban J connectivity index is 2.26. The molecule has 0 saturated heterocycles. The maximum absolute atomic E-state index is 11.2. The molecule has 0 fully saturated rings. The third-order valence-electron chi connectivity index (χ3n) is 2.24. The largest absolute Gasteiger partial charge is 0.479 e. The number of anilines is 1. The topological polar surface area (TPSA) is 75.1 Å². The summed E-state index contributed by atoms with van der Waals surface area (Å²) in [7, 11) is 0. The van der Waals surface area contributed by atoms with Gasteiger partial charge in [0.2, 0.25) is 0 Å². The molecule has 2 aromatic heterocycles. The van der Waals surface area contributed by atoms with Gasteiger partial charge in [-0.25, -0.2) is 9.78 Å². The predicted octanol–water partition coefficient (Wildman–Crippen LogP) is 2.08. The number of aryl methyl sites for hydroxylation is 1. The fourth-order valence-corrected chi connectivity index (χ4v) is 2.16. The SMILES string of the molecule is Cc1nccnc1NC(C(=O)O)c1cccs1. The van der Waals surface area contributed by atoms with Crippen molar-refractivity contribution in [1.29, 1.82) is 0 Å². The summed E-state index contributed by atoms with van der Waals surface area (Å²) in [5.74, 6) is -0.439. The van der Waals surface area contributed by atoms with Crippen molar-refractivity contribution < 1.29 is 9.90 Å². The van der Waals surface area contributed by atoms with E-state index in [1.165, 1.54) is 17.5 Å². The molecule has 1 unspecified atom stereocenters. The van der Waals surface area contributed by atoms with Gasteiger partial charge in [-0.05, 0) is 18.4 Å². The second kappa shape index (κ2) is 4.92. The first kappa shape index (κ1) is 11.5. The molecule has 1 atom stereocenters. The highest BCUT2D eigenvalue weighted by molar-refractivity contribution is 7.10. The Morgan fingerprint density at radius 3 is 2.82 bits per heavy atom. The lowest BCUT2D eigenvalue weighted by Crippen LogP contribution is -2.20. The lowest BCUT2D eigenvalue weighted by atomic mass is 10.2. The molecule has 0 bridgehead atoms. The van der Waals surface area contributed by atoms with Crippen molar-refractivity contribution in [3.8, 4) is 0 Å². The summed E-state index contributed by atoms with van der Waals surface area (Å²) in [6.45, 7) is 1.78. The van der Waals surface area contributed by atoms with Crippen molar-refractivity contribution in [2.75, 3.05) is 5.32 Å². The van der Waals surface area contributed by atoms with Gasteiger partial charge in [-0.15, -0.1) is 11.3 Å². The van der Waals surface area contributed by atoms with Crippen molar-refractivity contribution in [2.45, 2.75) is 13.0 Å². The summed E-state index contributed by atoms with van der Waals surface area (Å²) in [5.41, 5.74) is 0.676. The summed E-state index contributed by atoms with van der Waals surface area (Å²) in [5, 5.41) is 13.9. The lowest BCUT2D eigenvalue weighted by Gasteiger charge is -2.14. The molecule has 0 radical (unpaired) electrons. The summed E-state index contributed by atoms with van der Waals surface area (Å²) in [6.07, 6.45) is 3.10. The Hall–Kier alpha value is -1.95. The van der Waals surface area contributed by atoms with Crippen LogP contribution in [0.15, 0.2) is 29.9 Å². The van der Waals surface area contributed by atoms with E-state index in [0.717, 1.165) is 4.88 Å². The minimum atomic E-state index is -0.933. The molecule has 17 heavy (non-hydrogen) atoms. The monoisotopic (exact) mass is 249 g/mol. The van der Waals surface area contributed by atoms with E-state index in [0.29, 0.717) is 11.5 Å². The maximum Gasteiger partial charge on any atom is 0.331 e. The van der Waals surface area contributed by atoms with Gasteiger partial charge >= 0.3 is 5.97 Å². The number of nitrogens with zero attached hydrogens (tertiary/aromatic N) is 2. The van der Waals surface area contributed by atoms with Crippen molar-refractivity contribution >= 4 is 23.1 Å². The Labute approximate surface area is 102 Å². The Morgan fingerprint density at radius 2 is 2.24 bits per heavy atom. The first-order chi connectivity index (χ1) is 8.18. The van der Waals surface area contributed by atoms with Crippen LogP contribution >= 0.6 is 11.3 Å². The van der Waals surface area contributed by atoms with Gasteiger partial charge in [0, 0.05) is 17.3 Å². The van der Waals surface area contributed by atoms with E-state index >= 15 is 0 Å². The Bertz CT molecular complexity index is 513. The lowest BCUT2D eigenvalue weighted by molar-refractivity contribution is -0.138. The van der Waals surface area contributed by atoms with E-state index in [-0.39, 0.29) is 0 Å². The zero-order chi connectivity index (χ0) is 12.3. The highest BCUT2D eigenvalue weighted by Crippen LogP contribution is 2.23. The van der Waals surface area contributed by atoms with Gasteiger partial charge in [-0.3, -0.25) is 4.98 Å². The van der Waals surface area contributed by atoms with E-state index in [9.17, 15) is 9.90 Å². The first-order valence-electron chi connectivity index (χ1n) is 4.99. The summed E-state index contributed by atoms with van der Waals surface area (Å²) in [4.78, 5) is 20.1. The molecule has 2 heterocycles. The van der Waals surface area contributed by atoms with Gasteiger partial charge < -0.3 is 10.4 Å². The molecular formula is C11H11N3O2S. The molecule has 2 aromatic rings. The molecule has 0 spiro atoms. The molecule has 88 valence electrons. The molecule has 6 heteroatoms.